The Hall–Kier alpha value is -4.22. The minimum atomic E-state index is -0.542. The van der Waals surface area contributed by atoms with Gasteiger partial charge in [-0.15, -0.1) is 0 Å². The third kappa shape index (κ3) is 7.95. The molecule has 2 aromatic carbocycles. The fourth-order valence-corrected chi connectivity index (χ4v) is 3.09. The predicted molar refractivity (Wildman–Crippen MR) is 129 cm³/mol. The van der Waals surface area contributed by atoms with Crippen LogP contribution in [0.2, 0.25) is 5.02 Å². The van der Waals surface area contributed by atoms with Gasteiger partial charge in [0.05, 0.1) is 26.5 Å². The Balaban J connectivity index is 1.54. The zero-order valence-electron chi connectivity index (χ0n) is 19.0. The number of esters is 1. The molecule has 1 aromatic heterocycles. The van der Waals surface area contributed by atoms with Crippen molar-refractivity contribution in [3.8, 4) is 23.3 Å². The first-order valence-corrected chi connectivity index (χ1v) is 11.1. The molecule has 0 spiro atoms. The number of amides is 1. The number of methoxy groups -OCH3 is 1. The van der Waals surface area contributed by atoms with Gasteiger partial charge in [-0.25, -0.2) is 0 Å². The van der Waals surface area contributed by atoms with Crippen LogP contribution in [0.1, 0.15) is 24.2 Å². The van der Waals surface area contributed by atoms with Crippen molar-refractivity contribution >= 4 is 29.6 Å². The first kappa shape index (κ1) is 25.4. The fraction of sp³-hybridized carbons (Fsp3) is 0.192. The highest BCUT2D eigenvalue weighted by molar-refractivity contribution is 6.30. The number of nitriles is 1. The van der Waals surface area contributed by atoms with E-state index in [2.05, 4.69) is 5.32 Å². The molecule has 1 amide bonds. The molecule has 1 heterocycles. The van der Waals surface area contributed by atoms with Crippen LogP contribution in [0.15, 0.2) is 70.9 Å². The number of hydrogen-bond acceptors (Lipinski definition) is 7. The van der Waals surface area contributed by atoms with Crippen molar-refractivity contribution in [3.63, 3.8) is 0 Å². The number of benzene rings is 2. The third-order valence-corrected chi connectivity index (χ3v) is 4.95. The van der Waals surface area contributed by atoms with Gasteiger partial charge in [-0.2, -0.15) is 5.26 Å². The minimum Gasteiger partial charge on any atom is -0.494 e. The number of rotatable bonds is 11. The van der Waals surface area contributed by atoms with E-state index in [1.807, 2.05) is 6.07 Å². The van der Waals surface area contributed by atoms with Gasteiger partial charge in [0.2, 0.25) is 0 Å². The average molecular weight is 495 g/mol. The maximum Gasteiger partial charge on any atom is 0.311 e. The molecule has 1 N–H and O–H groups in total. The second kappa shape index (κ2) is 12.9. The van der Waals surface area contributed by atoms with E-state index in [4.69, 9.17) is 30.2 Å². The maximum absolute atomic E-state index is 12.3. The van der Waals surface area contributed by atoms with Gasteiger partial charge in [0.25, 0.3) is 5.91 Å². The van der Waals surface area contributed by atoms with Crippen molar-refractivity contribution in [3.05, 3.63) is 82.8 Å². The zero-order valence-corrected chi connectivity index (χ0v) is 19.7. The number of nitrogens with zero attached hydrogens (tertiary/aromatic N) is 1. The lowest BCUT2D eigenvalue weighted by molar-refractivity contribution is -0.134. The lowest BCUT2D eigenvalue weighted by atomic mass is 10.1. The highest BCUT2D eigenvalue weighted by atomic mass is 35.5. The van der Waals surface area contributed by atoms with Crippen molar-refractivity contribution in [2.24, 2.45) is 0 Å². The van der Waals surface area contributed by atoms with E-state index in [-0.39, 0.29) is 30.0 Å². The summed E-state index contributed by atoms with van der Waals surface area (Å²) < 4.78 is 21.4. The summed E-state index contributed by atoms with van der Waals surface area (Å²) in [5.74, 6) is 0.770. The van der Waals surface area contributed by atoms with Crippen LogP contribution in [-0.2, 0) is 16.1 Å². The van der Waals surface area contributed by atoms with Crippen molar-refractivity contribution in [1.29, 1.82) is 5.26 Å². The molecule has 0 atom stereocenters. The molecule has 0 unspecified atom stereocenters. The molecule has 9 heteroatoms. The van der Waals surface area contributed by atoms with Crippen LogP contribution in [0.4, 0.5) is 0 Å². The van der Waals surface area contributed by atoms with Gasteiger partial charge in [0.15, 0.2) is 11.5 Å². The monoisotopic (exact) mass is 494 g/mol. The highest BCUT2D eigenvalue weighted by Crippen LogP contribution is 2.29. The smallest absolute Gasteiger partial charge is 0.311 e. The summed E-state index contributed by atoms with van der Waals surface area (Å²) in [5.41, 5.74) is 0.437. The topological polar surface area (TPSA) is 111 Å². The van der Waals surface area contributed by atoms with Crippen LogP contribution in [-0.4, -0.2) is 25.6 Å². The second-order valence-electron chi connectivity index (χ2n) is 7.22. The summed E-state index contributed by atoms with van der Waals surface area (Å²) in [6.45, 7) is 0.504. The number of furan rings is 1. The Morgan fingerprint density at radius 2 is 1.94 bits per heavy atom. The first-order chi connectivity index (χ1) is 17.0. The lowest BCUT2D eigenvalue weighted by Crippen LogP contribution is -2.23. The summed E-state index contributed by atoms with van der Waals surface area (Å²) in [6, 6.07) is 17.0. The number of hydrogen-bond donors (Lipinski definition) is 1. The maximum atomic E-state index is 12.3. The van der Waals surface area contributed by atoms with Crippen LogP contribution in [0.5, 0.6) is 17.2 Å². The lowest BCUT2D eigenvalue weighted by Gasteiger charge is -2.11. The molecule has 0 saturated carbocycles. The summed E-state index contributed by atoms with van der Waals surface area (Å²) in [4.78, 5) is 24.5. The molecule has 8 nitrogen and oxygen atoms in total. The molecular weight excluding hydrogens is 472 g/mol. The van der Waals surface area contributed by atoms with Crippen LogP contribution < -0.4 is 19.5 Å². The van der Waals surface area contributed by atoms with E-state index in [9.17, 15) is 14.9 Å². The number of halogens is 1. The molecule has 0 aliphatic heterocycles. The molecule has 3 rings (SSSR count). The van der Waals surface area contributed by atoms with E-state index >= 15 is 0 Å². The van der Waals surface area contributed by atoms with Gasteiger partial charge in [-0.3, -0.25) is 9.59 Å². The predicted octanol–water partition coefficient (Wildman–Crippen LogP) is 4.93. The molecule has 0 aliphatic carbocycles. The number of carbonyl (C=O) groups is 2. The van der Waals surface area contributed by atoms with E-state index in [0.717, 1.165) is 0 Å². The molecule has 3 aromatic rings. The van der Waals surface area contributed by atoms with E-state index < -0.39 is 11.9 Å². The molecule has 0 fully saturated rings. The van der Waals surface area contributed by atoms with Crippen molar-refractivity contribution < 1.29 is 28.2 Å². The molecule has 0 radical (unpaired) electrons. The molecule has 0 bridgehead atoms. The molecule has 35 heavy (non-hydrogen) atoms. The van der Waals surface area contributed by atoms with Crippen LogP contribution in [0.3, 0.4) is 0 Å². The van der Waals surface area contributed by atoms with Crippen molar-refractivity contribution in [1.82, 2.24) is 5.32 Å². The highest BCUT2D eigenvalue weighted by Gasteiger charge is 2.13. The number of nitrogens with one attached hydrogen (secondary N) is 1. The standard InChI is InChI=1S/C26H23ClN2O6/c1-32-24-15-18(14-19(16-28)26(31)29-17-22-4-2-12-34-22)6-11-23(24)35-25(30)5-3-13-33-21-9-7-20(27)8-10-21/h2,4,6-12,14-15H,3,5,13,17H2,1H3,(H,29,31)/b19-14+. The van der Waals surface area contributed by atoms with Crippen LogP contribution >= 0.6 is 11.6 Å². The van der Waals surface area contributed by atoms with E-state index in [1.165, 1.54) is 19.4 Å². The molecular formula is C26H23ClN2O6. The number of carbonyl (C=O) groups excluding carboxylic acids is 2. The van der Waals surface area contributed by atoms with E-state index in [1.54, 1.807) is 54.6 Å². The van der Waals surface area contributed by atoms with Gasteiger partial charge in [0.1, 0.15) is 23.2 Å². The average Bonchev–Trinajstić information content (AvgIpc) is 3.39. The van der Waals surface area contributed by atoms with Crippen LogP contribution in [0, 0.1) is 11.3 Å². The Bertz CT molecular complexity index is 1210. The normalized spacial score (nSPS) is 10.8. The summed E-state index contributed by atoms with van der Waals surface area (Å²) in [6.07, 6.45) is 3.52. The van der Waals surface area contributed by atoms with Gasteiger partial charge in [-0.1, -0.05) is 17.7 Å². The largest absolute Gasteiger partial charge is 0.494 e. The van der Waals surface area contributed by atoms with Crippen LogP contribution in [0.25, 0.3) is 6.08 Å². The Kier molecular flexibility index (Phi) is 9.34. The van der Waals surface area contributed by atoms with Crippen molar-refractivity contribution in [2.45, 2.75) is 19.4 Å². The molecule has 0 aliphatic rings. The van der Waals surface area contributed by atoms with Crippen molar-refractivity contribution in [2.75, 3.05) is 13.7 Å². The van der Waals surface area contributed by atoms with Gasteiger partial charge in [-0.05, 0) is 66.6 Å². The Labute approximate surface area is 207 Å². The van der Waals surface area contributed by atoms with Gasteiger partial charge >= 0.3 is 5.97 Å². The molecule has 0 saturated heterocycles. The summed E-state index contributed by atoms with van der Waals surface area (Å²) in [5, 5.41) is 12.6. The summed E-state index contributed by atoms with van der Waals surface area (Å²) in [7, 11) is 1.43. The Morgan fingerprint density at radius 3 is 2.63 bits per heavy atom. The number of ether oxygens (including phenoxy) is 3. The quantitative estimate of drug-likeness (QED) is 0.132. The molecule has 180 valence electrons. The zero-order chi connectivity index (χ0) is 25.0. The van der Waals surface area contributed by atoms with Gasteiger partial charge in [0, 0.05) is 11.4 Å². The SMILES string of the molecule is COc1cc(/C=C(\C#N)C(=O)NCc2ccco2)ccc1OC(=O)CCCOc1ccc(Cl)cc1. The fourth-order valence-electron chi connectivity index (χ4n) is 2.96. The van der Waals surface area contributed by atoms with E-state index in [0.29, 0.717) is 35.1 Å². The van der Waals surface area contributed by atoms with Gasteiger partial charge < -0.3 is 23.9 Å². The summed E-state index contributed by atoms with van der Waals surface area (Å²) >= 11 is 5.84. The Morgan fingerprint density at radius 1 is 1.14 bits per heavy atom. The second-order valence-corrected chi connectivity index (χ2v) is 7.66. The third-order valence-electron chi connectivity index (χ3n) is 4.70. The first-order valence-electron chi connectivity index (χ1n) is 10.7. The minimum absolute atomic E-state index is 0.0935.